The quantitative estimate of drug-likeness (QED) is 0.354. The Balaban J connectivity index is 1.19. The van der Waals surface area contributed by atoms with Gasteiger partial charge in [-0.1, -0.05) is 44.2 Å². The molecule has 3 fully saturated rings. The summed E-state index contributed by atoms with van der Waals surface area (Å²) in [7, 11) is 0. The van der Waals surface area contributed by atoms with Crippen LogP contribution in [0.25, 0.3) is 0 Å². The van der Waals surface area contributed by atoms with E-state index in [0.717, 1.165) is 56.9 Å². The Hall–Kier alpha value is -1.39. The molecular weight excluding hydrogens is 443 g/mol. The van der Waals surface area contributed by atoms with E-state index < -0.39 is 17.9 Å². The number of benzene rings is 1. The largest absolute Gasteiger partial charge is 0.412 e. The minimum absolute atomic E-state index is 0.0414. The lowest BCUT2D eigenvalue weighted by Gasteiger charge is -2.37. The van der Waals surface area contributed by atoms with Gasteiger partial charge in [-0.2, -0.15) is 13.2 Å². The topological polar surface area (TPSA) is 0 Å². The molecule has 0 unspecified atom stereocenters. The molecule has 0 radical (unpaired) electrons. The van der Waals surface area contributed by atoms with E-state index in [4.69, 9.17) is 0 Å². The second-order valence-corrected chi connectivity index (χ2v) is 11.2. The first kappa shape index (κ1) is 25.7. The molecule has 5 heteroatoms. The third-order valence-corrected chi connectivity index (χ3v) is 9.00. The van der Waals surface area contributed by atoms with Gasteiger partial charge in [-0.3, -0.25) is 0 Å². The number of hydrogen-bond acceptors (Lipinski definition) is 0. The zero-order chi connectivity index (χ0) is 24.1. The van der Waals surface area contributed by atoms with E-state index in [2.05, 4.69) is 6.07 Å². The smallest absolute Gasteiger partial charge is 0.212 e. The maximum absolute atomic E-state index is 14.8. The summed E-state index contributed by atoms with van der Waals surface area (Å²) in [4.78, 5) is 0. The monoisotopic (exact) mass is 482 g/mol. The lowest BCUT2D eigenvalue weighted by molar-refractivity contribution is -0.0821. The molecule has 0 nitrogen and oxygen atoms in total. The average molecular weight is 483 g/mol. The van der Waals surface area contributed by atoms with E-state index in [1.165, 1.54) is 37.7 Å². The van der Waals surface area contributed by atoms with Crippen molar-refractivity contribution in [3.63, 3.8) is 0 Å². The van der Waals surface area contributed by atoms with Crippen molar-refractivity contribution in [3.8, 4) is 0 Å². The molecule has 0 heterocycles. The van der Waals surface area contributed by atoms with E-state index in [-0.39, 0.29) is 11.9 Å². The third-order valence-electron chi connectivity index (χ3n) is 9.00. The molecule has 0 bridgehead atoms. The summed E-state index contributed by atoms with van der Waals surface area (Å²) < 4.78 is 65.9. The zero-order valence-electron chi connectivity index (χ0n) is 20.2. The van der Waals surface area contributed by atoms with Crippen LogP contribution in [0.4, 0.5) is 22.0 Å². The molecule has 3 aliphatic rings. The standard InChI is InChI=1S/C29H39F5/c30-27-18-26(21-4-2-1-3-5-21)17-16-24(27)11-8-20-6-9-22(10-7-20)23-12-14-25(15-13-23)28(31)19-29(32,33)34/h16-23,25H,1-15H2/b28-19-. The maximum Gasteiger partial charge on any atom is 0.412 e. The molecule has 34 heavy (non-hydrogen) atoms. The van der Waals surface area contributed by atoms with Crippen molar-refractivity contribution >= 4 is 0 Å². The van der Waals surface area contributed by atoms with Crippen molar-refractivity contribution in [2.45, 2.75) is 108 Å². The predicted molar refractivity (Wildman–Crippen MR) is 127 cm³/mol. The van der Waals surface area contributed by atoms with Gasteiger partial charge >= 0.3 is 6.18 Å². The molecule has 4 rings (SSSR count). The molecular formula is C29H39F5. The second-order valence-electron chi connectivity index (χ2n) is 11.2. The summed E-state index contributed by atoms with van der Waals surface area (Å²) in [5.41, 5.74) is 2.01. The molecule has 0 saturated heterocycles. The van der Waals surface area contributed by atoms with Gasteiger partial charge in [0.25, 0.3) is 0 Å². The van der Waals surface area contributed by atoms with Crippen LogP contribution in [0.1, 0.15) is 107 Å². The fourth-order valence-electron chi connectivity index (χ4n) is 6.90. The van der Waals surface area contributed by atoms with E-state index >= 15 is 0 Å². The van der Waals surface area contributed by atoms with E-state index in [1.807, 2.05) is 6.07 Å². The van der Waals surface area contributed by atoms with Gasteiger partial charge in [-0.05, 0) is 105 Å². The molecule has 190 valence electrons. The van der Waals surface area contributed by atoms with Crippen LogP contribution in [0, 0.1) is 29.5 Å². The average Bonchev–Trinajstić information content (AvgIpc) is 2.83. The van der Waals surface area contributed by atoms with E-state index in [0.29, 0.717) is 36.5 Å². The van der Waals surface area contributed by atoms with Gasteiger partial charge < -0.3 is 0 Å². The fraction of sp³-hybridized carbons (Fsp3) is 0.724. The summed E-state index contributed by atoms with van der Waals surface area (Å²) in [5.74, 6) is 0.679. The number of alkyl halides is 3. The lowest BCUT2D eigenvalue weighted by atomic mass is 9.68. The van der Waals surface area contributed by atoms with Crippen LogP contribution in [0.15, 0.2) is 30.1 Å². The van der Waals surface area contributed by atoms with Crippen LogP contribution in [0.2, 0.25) is 0 Å². The van der Waals surface area contributed by atoms with Gasteiger partial charge in [0.2, 0.25) is 0 Å². The van der Waals surface area contributed by atoms with Crippen LogP contribution < -0.4 is 0 Å². The first-order valence-electron chi connectivity index (χ1n) is 13.5. The summed E-state index contributed by atoms with van der Waals surface area (Å²) in [6.07, 6.45) is 10.6. The third kappa shape index (κ3) is 7.07. The highest BCUT2D eigenvalue weighted by Gasteiger charge is 2.34. The number of aryl methyl sites for hydroxylation is 1. The predicted octanol–water partition coefficient (Wildman–Crippen LogP) is 9.83. The molecule has 0 atom stereocenters. The zero-order valence-corrected chi connectivity index (χ0v) is 20.2. The molecule has 0 aliphatic heterocycles. The van der Waals surface area contributed by atoms with Gasteiger partial charge in [0.15, 0.2) is 0 Å². The number of halogens is 5. The molecule has 3 saturated carbocycles. The first-order valence-corrected chi connectivity index (χ1v) is 13.5. The Kier molecular flexibility index (Phi) is 8.74. The minimum Gasteiger partial charge on any atom is -0.212 e. The van der Waals surface area contributed by atoms with Crippen molar-refractivity contribution in [3.05, 3.63) is 47.0 Å². The Morgan fingerprint density at radius 1 is 0.824 bits per heavy atom. The first-order chi connectivity index (χ1) is 16.3. The van der Waals surface area contributed by atoms with Crippen LogP contribution in [-0.2, 0) is 6.42 Å². The Morgan fingerprint density at radius 3 is 2.03 bits per heavy atom. The fourth-order valence-corrected chi connectivity index (χ4v) is 6.90. The number of hydrogen-bond donors (Lipinski definition) is 0. The van der Waals surface area contributed by atoms with Crippen LogP contribution >= 0.6 is 0 Å². The van der Waals surface area contributed by atoms with Gasteiger partial charge in [0, 0.05) is 5.92 Å². The van der Waals surface area contributed by atoms with E-state index in [9.17, 15) is 22.0 Å². The Morgan fingerprint density at radius 2 is 1.44 bits per heavy atom. The number of allylic oxidation sites excluding steroid dienone is 2. The van der Waals surface area contributed by atoms with Crippen LogP contribution in [0.3, 0.4) is 0 Å². The highest BCUT2D eigenvalue weighted by molar-refractivity contribution is 5.27. The van der Waals surface area contributed by atoms with E-state index in [1.54, 1.807) is 6.07 Å². The van der Waals surface area contributed by atoms with Gasteiger partial charge in [-0.25, -0.2) is 8.78 Å². The van der Waals surface area contributed by atoms with Crippen LogP contribution in [-0.4, -0.2) is 6.18 Å². The van der Waals surface area contributed by atoms with Gasteiger partial charge in [0.05, 0.1) is 6.08 Å². The van der Waals surface area contributed by atoms with Crippen molar-refractivity contribution in [2.24, 2.45) is 23.7 Å². The van der Waals surface area contributed by atoms with Crippen molar-refractivity contribution in [2.75, 3.05) is 0 Å². The molecule has 0 N–H and O–H groups in total. The van der Waals surface area contributed by atoms with Crippen molar-refractivity contribution in [1.29, 1.82) is 0 Å². The molecule has 0 aromatic heterocycles. The summed E-state index contributed by atoms with van der Waals surface area (Å²) in [6.45, 7) is 0. The molecule has 3 aliphatic carbocycles. The lowest BCUT2D eigenvalue weighted by Crippen LogP contribution is -2.26. The Bertz CT molecular complexity index is 804. The molecule has 1 aromatic carbocycles. The minimum atomic E-state index is -4.57. The van der Waals surface area contributed by atoms with Crippen molar-refractivity contribution < 1.29 is 22.0 Å². The highest BCUT2D eigenvalue weighted by Crippen LogP contribution is 2.44. The van der Waals surface area contributed by atoms with Crippen LogP contribution in [0.5, 0.6) is 0 Å². The molecule has 0 spiro atoms. The highest BCUT2D eigenvalue weighted by atomic mass is 19.4. The molecule has 0 amide bonds. The SMILES string of the molecule is F/C(=C\C(F)(F)F)C1CCC(C2CCC(CCc3ccc(C4CCCCC4)cc3F)CC2)CC1. The maximum atomic E-state index is 14.8. The Labute approximate surface area is 201 Å². The second kappa shape index (κ2) is 11.6. The summed E-state index contributed by atoms with van der Waals surface area (Å²) in [5, 5.41) is 0. The summed E-state index contributed by atoms with van der Waals surface area (Å²) >= 11 is 0. The van der Waals surface area contributed by atoms with Gasteiger partial charge in [0.1, 0.15) is 11.6 Å². The normalized spacial score (nSPS) is 29.9. The number of rotatable bonds is 6. The van der Waals surface area contributed by atoms with Crippen molar-refractivity contribution in [1.82, 2.24) is 0 Å². The molecule has 1 aromatic rings. The van der Waals surface area contributed by atoms with Gasteiger partial charge in [-0.15, -0.1) is 0 Å². The summed E-state index contributed by atoms with van der Waals surface area (Å²) in [6, 6.07) is 5.94.